The lowest BCUT2D eigenvalue weighted by Gasteiger charge is -2.20. The minimum Gasteiger partial charge on any atom is -0.479 e. The van der Waals surface area contributed by atoms with Crippen molar-refractivity contribution in [3.63, 3.8) is 0 Å². The van der Waals surface area contributed by atoms with Crippen molar-refractivity contribution in [2.45, 2.75) is 64.3 Å². The predicted molar refractivity (Wildman–Crippen MR) is 83.6 cm³/mol. The maximum Gasteiger partial charge on any atom is 0.331 e. The van der Waals surface area contributed by atoms with Crippen LogP contribution in [0.3, 0.4) is 0 Å². The molecule has 0 spiro atoms. The highest BCUT2D eigenvalue weighted by atomic mass is 16.4. The van der Waals surface area contributed by atoms with Gasteiger partial charge in [0, 0.05) is 12.1 Å². The zero-order chi connectivity index (χ0) is 16.2. The summed E-state index contributed by atoms with van der Waals surface area (Å²) in [5, 5.41) is 16.1. The molecule has 1 saturated carbocycles. The number of carboxylic acid groups (broad SMARTS) is 1. The number of nitrogens with zero attached hydrogens (tertiary/aromatic N) is 2. The number of anilines is 1. The Bertz CT molecular complexity index is 528. The number of carboxylic acids is 1. The van der Waals surface area contributed by atoms with Crippen LogP contribution in [0, 0.1) is 5.92 Å². The Labute approximate surface area is 130 Å². The van der Waals surface area contributed by atoms with Crippen molar-refractivity contribution in [1.82, 2.24) is 9.78 Å². The molecule has 0 atom stereocenters. The number of carbonyl (C=O) groups excluding carboxylic acids is 1. The highest BCUT2D eigenvalue weighted by molar-refractivity contribution is 5.92. The molecular formula is C16H25N3O3. The van der Waals surface area contributed by atoms with Crippen LogP contribution in [0.15, 0.2) is 12.4 Å². The molecule has 1 aromatic rings. The molecule has 1 aliphatic rings. The number of carbonyl (C=O) groups is 2. The Morgan fingerprint density at radius 3 is 2.41 bits per heavy atom. The van der Waals surface area contributed by atoms with Crippen LogP contribution in [-0.4, -0.2) is 26.8 Å². The fourth-order valence-corrected chi connectivity index (χ4v) is 2.75. The molecule has 0 aliphatic heterocycles. The van der Waals surface area contributed by atoms with E-state index in [0.717, 1.165) is 25.7 Å². The van der Waals surface area contributed by atoms with E-state index in [1.165, 1.54) is 30.1 Å². The fraction of sp³-hybridized carbons (Fsp3) is 0.688. The number of nitrogens with one attached hydrogen (secondary N) is 1. The van der Waals surface area contributed by atoms with Crippen LogP contribution >= 0.6 is 0 Å². The summed E-state index contributed by atoms with van der Waals surface area (Å²) in [7, 11) is 0. The maximum absolute atomic E-state index is 12.4. The maximum atomic E-state index is 12.4. The Balaban J connectivity index is 2.00. The van der Waals surface area contributed by atoms with E-state index in [4.69, 9.17) is 0 Å². The third-order valence-electron chi connectivity index (χ3n) is 4.42. The lowest BCUT2D eigenvalue weighted by atomic mass is 9.90. The zero-order valence-electron chi connectivity index (χ0n) is 13.3. The Hall–Kier alpha value is -1.85. The summed E-state index contributed by atoms with van der Waals surface area (Å²) >= 11 is 0. The largest absolute Gasteiger partial charge is 0.479 e. The minimum absolute atomic E-state index is 0.0228. The second kappa shape index (κ2) is 6.94. The first-order valence-electron chi connectivity index (χ1n) is 8.00. The van der Waals surface area contributed by atoms with Crippen molar-refractivity contribution < 1.29 is 14.7 Å². The minimum atomic E-state index is -1.14. The van der Waals surface area contributed by atoms with Crippen molar-refractivity contribution in [1.29, 1.82) is 0 Å². The normalized spacial score (nSPS) is 17.5. The van der Waals surface area contributed by atoms with E-state index < -0.39 is 11.5 Å². The Kier molecular flexibility index (Phi) is 5.21. The van der Waals surface area contributed by atoms with Gasteiger partial charge < -0.3 is 10.4 Å². The monoisotopic (exact) mass is 307 g/mol. The van der Waals surface area contributed by atoms with Gasteiger partial charge in [-0.25, -0.2) is 4.79 Å². The van der Waals surface area contributed by atoms with Crippen molar-refractivity contribution in [3.05, 3.63) is 12.4 Å². The van der Waals surface area contributed by atoms with Gasteiger partial charge in [-0.1, -0.05) is 32.1 Å². The molecule has 0 unspecified atom stereocenters. The Morgan fingerprint density at radius 2 is 1.82 bits per heavy atom. The highest BCUT2D eigenvalue weighted by Gasteiger charge is 2.30. The van der Waals surface area contributed by atoms with Crippen LogP contribution < -0.4 is 5.32 Å². The first kappa shape index (κ1) is 16.5. The zero-order valence-corrected chi connectivity index (χ0v) is 13.3. The molecule has 2 N–H and O–H groups in total. The molecule has 22 heavy (non-hydrogen) atoms. The Morgan fingerprint density at radius 1 is 1.23 bits per heavy atom. The van der Waals surface area contributed by atoms with Gasteiger partial charge in [-0.3, -0.25) is 9.48 Å². The summed E-state index contributed by atoms with van der Waals surface area (Å²) in [6.07, 6.45) is 10.8. The predicted octanol–water partition coefficient (Wildman–Crippen LogP) is 3.00. The summed E-state index contributed by atoms with van der Waals surface area (Å²) in [5.74, 6) is -0.890. The van der Waals surface area contributed by atoms with E-state index in [9.17, 15) is 14.7 Å². The van der Waals surface area contributed by atoms with E-state index in [0.29, 0.717) is 5.69 Å². The number of hydrogen-bond donors (Lipinski definition) is 2. The van der Waals surface area contributed by atoms with Crippen LogP contribution in [0.5, 0.6) is 0 Å². The van der Waals surface area contributed by atoms with Crippen LogP contribution in [0.1, 0.15) is 58.8 Å². The van der Waals surface area contributed by atoms with Gasteiger partial charge in [0.2, 0.25) is 5.91 Å². The smallest absolute Gasteiger partial charge is 0.331 e. The van der Waals surface area contributed by atoms with Gasteiger partial charge in [-0.05, 0) is 26.7 Å². The standard InChI is InChI=1S/C16H25N3O3/c1-16(2,15(21)22)19-11-13(10-17-19)18-14(20)12-8-6-4-3-5-7-9-12/h10-12H,3-9H2,1-2H3,(H,18,20)(H,21,22). The molecule has 0 aromatic carbocycles. The van der Waals surface area contributed by atoms with E-state index in [-0.39, 0.29) is 11.8 Å². The van der Waals surface area contributed by atoms with Gasteiger partial charge in [0.05, 0.1) is 11.9 Å². The number of amides is 1. The van der Waals surface area contributed by atoms with Crippen molar-refractivity contribution in [2.24, 2.45) is 5.92 Å². The first-order valence-corrected chi connectivity index (χ1v) is 8.00. The molecule has 1 aliphatic carbocycles. The molecular weight excluding hydrogens is 282 g/mol. The van der Waals surface area contributed by atoms with Gasteiger partial charge in [-0.2, -0.15) is 5.10 Å². The molecule has 122 valence electrons. The van der Waals surface area contributed by atoms with Crippen LogP contribution in [0.25, 0.3) is 0 Å². The van der Waals surface area contributed by atoms with Crippen molar-refractivity contribution >= 4 is 17.6 Å². The van der Waals surface area contributed by atoms with Gasteiger partial charge in [0.25, 0.3) is 0 Å². The average molecular weight is 307 g/mol. The van der Waals surface area contributed by atoms with Gasteiger partial charge in [-0.15, -0.1) is 0 Å². The van der Waals surface area contributed by atoms with Crippen LogP contribution in [0.4, 0.5) is 5.69 Å². The van der Waals surface area contributed by atoms with E-state index in [1.54, 1.807) is 20.0 Å². The van der Waals surface area contributed by atoms with Crippen LogP contribution in [-0.2, 0) is 15.1 Å². The van der Waals surface area contributed by atoms with Crippen molar-refractivity contribution in [3.8, 4) is 0 Å². The van der Waals surface area contributed by atoms with Gasteiger partial charge in [0.15, 0.2) is 5.54 Å². The summed E-state index contributed by atoms with van der Waals surface area (Å²) in [5.41, 5.74) is -0.579. The molecule has 0 saturated heterocycles. The van der Waals surface area contributed by atoms with E-state index in [1.807, 2.05) is 0 Å². The van der Waals surface area contributed by atoms with Crippen molar-refractivity contribution in [2.75, 3.05) is 5.32 Å². The lowest BCUT2D eigenvalue weighted by molar-refractivity contribution is -0.146. The first-order chi connectivity index (χ1) is 10.4. The van der Waals surface area contributed by atoms with Crippen LogP contribution in [0.2, 0.25) is 0 Å². The number of aromatic nitrogens is 2. The fourth-order valence-electron chi connectivity index (χ4n) is 2.75. The molecule has 6 nitrogen and oxygen atoms in total. The molecule has 1 aromatic heterocycles. The second-order valence-electron chi connectivity index (χ2n) is 6.57. The summed E-state index contributed by atoms with van der Waals surface area (Å²) in [6.45, 7) is 3.14. The van der Waals surface area contributed by atoms with Gasteiger partial charge in [0.1, 0.15) is 0 Å². The topological polar surface area (TPSA) is 84.2 Å². The van der Waals surface area contributed by atoms with Gasteiger partial charge >= 0.3 is 5.97 Å². The summed E-state index contributed by atoms with van der Waals surface area (Å²) in [6, 6.07) is 0. The number of aliphatic carboxylic acids is 1. The third kappa shape index (κ3) is 3.87. The molecule has 6 heteroatoms. The second-order valence-corrected chi connectivity index (χ2v) is 6.57. The molecule has 0 radical (unpaired) electrons. The highest BCUT2D eigenvalue weighted by Crippen LogP contribution is 2.24. The molecule has 1 amide bonds. The van der Waals surface area contributed by atoms with E-state index >= 15 is 0 Å². The molecule has 0 bridgehead atoms. The molecule has 2 rings (SSSR count). The molecule has 1 heterocycles. The lowest BCUT2D eigenvalue weighted by Crippen LogP contribution is -2.36. The summed E-state index contributed by atoms with van der Waals surface area (Å²) in [4.78, 5) is 23.6. The quantitative estimate of drug-likeness (QED) is 0.895. The third-order valence-corrected chi connectivity index (χ3v) is 4.42. The molecule has 1 fully saturated rings. The summed E-state index contributed by atoms with van der Waals surface area (Å²) < 4.78 is 1.36. The SMILES string of the molecule is CC(C)(C(=O)O)n1cc(NC(=O)C2CCCCCCC2)cn1. The average Bonchev–Trinajstić information content (AvgIpc) is 2.87. The number of hydrogen-bond acceptors (Lipinski definition) is 3. The number of rotatable bonds is 4. The van der Waals surface area contributed by atoms with E-state index in [2.05, 4.69) is 10.4 Å².